The van der Waals surface area contributed by atoms with Crippen molar-refractivity contribution in [2.45, 2.75) is 59.3 Å². The fraction of sp³-hybridized carbons (Fsp3) is 0.938. The molecule has 4 saturated carbocycles. The van der Waals surface area contributed by atoms with Crippen LogP contribution in [0.4, 0.5) is 0 Å². The zero-order valence-corrected chi connectivity index (χ0v) is 11.5. The molecule has 4 unspecified atom stereocenters. The smallest absolute Gasteiger partial charge is 0.139 e. The van der Waals surface area contributed by atoms with E-state index in [2.05, 4.69) is 20.8 Å². The van der Waals surface area contributed by atoms with Crippen molar-refractivity contribution in [1.29, 1.82) is 0 Å². The van der Waals surface area contributed by atoms with E-state index in [1.165, 1.54) is 38.5 Å². The number of Topliss-reactive ketones (excluding diaryl/α,β-unsaturated/α-hetero) is 1. The Balaban J connectivity index is 1.71. The van der Waals surface area contributed by atoms with E-state index < -0.39 is 0 Å². The van der Waals surface area contributed by atoms with Gasteiger partial charge in [-0.05, 0) is 61.7 Å². The molecule has 0 amide bonds. The molecule has 0 saturated heterocycles. The largest absolute Gasteiger partial charge is 0.299 e. The maximum Gasteiger partial charge on any atom is 0.139 e. The third-order valence-corrected chi connectivity index (χ3v) is 5.55. The molecule has 0 spiro atoms. The number of carbonyl (C=O) groups excluding carboxylic acids is 1. The summed E-state index contributed by atoms with van der Waals surface area (Å²) in [7, 11) is 0. The van der Waals surface area contributed by atoms with Crippen molar-refractivity contribution in [2.24, 2.45) is 35.0 Å². The number of hydrogen-bond donors (Lipinski definition) is 0. The fourth-order valence-corrected chi connectivity index (χ4v) is 4.79. The van der Waals surface area contributed by atoms with Gasteiger partial charge >= 0.3 is 0 Å². The zero-order valence-electron chi connectivity index (χ0n) is 11.5. The summed E-state index contributed by atoms with van der Waals surface area (Å²) in [5.74, 6) is 4.15. The summed E-state index contributed by atoms with van der Waals surface area (Å²) in [6.07, 6.45) is 7.73. The molecular formula is C16H26O. The van der Waals surface area contributed by atoms with Crippen LogP contribution in [0, 0.1) is 35.0 Å². The highest BCUT2D eigenvalue weighted by molar-refractivity contribution is 5.85. The molecule has 0 heterocycles. The highest BCUT2D eigenvalue weighted by atomic mass is 16.1. The molecule has 17 heavy (non-hydrogen) atoms. The summed E-state index contributed by atoms with van der Waals surface area (Å²) >= 11 is 0. The van der Waals surface area contributed by atoms with Gasteiger partial charge in [-0.2, -0.15) is 0 Å². The van der Waals surface area contributed by atoms with E-state index in [4.69, 9.17) is 0 Å². The van der Waals surface area contributed by atoms with Gasteiger partial charge in [-0.25, -0.2) is 0 Å². The third kappa shape index (κ3) is 2.06. The Morgan fingerprint density at radius 1 is 1.12 bits per heavy atom. The molecule has 5 atom stereocenters. The van der Waals surface area contributed by atoms with Gasteiger partial charge in [0.1, 0.15) is 5.78 Å². The lowest BCUT2D eigenvalue weighted by Gasteiger charge is -2.53. The van der Waals surface area contributed by atoms with E-state index in [9.17, 15) is 4.79 Å². The minimum Gasteiger partial charge on any atom is -0.299 e. The Morgan fingerprint density at radius 2 is 1.88 bits per heavy atom. The maximum atomic E-state index is 12.3. The maximum absolute atomic E-state index is 12.3. The fourth-order valence-electron chi connectivity index (χ4n) is 4.79. The van der Waals surface area contributed by atoms with Gasteiger partial charge in [0.15, 0.2) is 0 Å². The normalized spacial score (nSPS) is 44.4. The van der Waals surface area contributed by atoms with Gasteiger partial charge in [-0.15, -0.1) is 0 Å². The van der Waals surface area contributed by atoms with Crippen LogP contribution in [-0.2, 0) is 4.79 Å². The monoisotopic (exact) mass is 234 g/mol. The number of ketones is 1. The van der Waals surface area contributed by atoms with Crippen molar-refractivity contribution < 1.29 is 4.79 Å². The second-order valence-electron chi connectivity index (χ2n) is 8.04. The molecule has 0 aromatic heterocycles. The lowest BCUT2D eigenvalue weighted by Crippen LogP contribution is -2.51. The average Bonchev–Trinajstić information content (AvgIpc) is 2.22. The van der Waals surface area contributed by atoms with Crippen molar-refractivity contribution >= 4 is 5.78 Å². The van der Waals surface area contributed by atoms with E-state index in [1.54, 1.807) is 0 Å². The predicted molar refractivity (Wildman–Crippen MR) is 69.6 cm³/mol. The second-order valence-corrected chi connectivity index (χ2v) is 8.04. The lowest BCUT2D eigenvalue weighted by molar-refractivity contribution is -0.147. The minimum absolute atomic E-state index is 0.428. The summed E-state index contributed by atoms with van der Waals surface area (Å²) in [6, 6.07) is 0. The third-order valence-electron chi connectivity index (χ3n) is 5.55. The van der Waals surface area contributed by atoms with E-state index in [0.717, 1.165) is 17.8 Å². The Bertz CT molecular complexity index is 325. The van der Waals surface area contributed by atoms with Gasteiger partial charge in [0.2, 0.25) is 0 Å². The summed E-state index contributed by atoms with van der Waals surface area (Å²) in [5, 5.41) is 0. The van der Waals surface area contributed by atoms with Crippen LogP contribution in [0.25, 0.3) is 0 Å². The molecule has 4 aliphatic carbocycles. The Morgan fingerprint density at radius 3 is 2.59 bits per heavy atom. The second kappa shape index (κ2) is 3.83. The first-order valence-electron chi connectivity index (χ1n) is 7.48. The first-order valence-corrected chi connectivity index (χ1v) is 7.48. The van der Waals surface area contributed by atoms with Crippen molar-refractivity contribution in [3.63, 3.8) is 0 Å². The molecule has 0 aliphatic heterocycles. The zero-order chi connectivity index (χ0) is 12.2. The van der Waals surface area contributed by atoms with Crippen molar-refractivity contribution in [3.05, 3.63) is 0 Å². The average molecular weight is 234 g/mol. The van der Waals surface area contributed by atoms with E-state index in [0.29, 0.717) is 23.0 Å². The highest BCUT2D eigenvalue weighted by Gasteiger charge is 2.52. The number of hydrogen-bond acceptors (Lipinski definition) is 1. The van der Waals surface area contributed by atoms with Gasteiger partial charge in [0, 0.05) is 11.8 Å². The minimum atomic E-state index is 0.428. The van der Waals surface area contributed by atoms with Crippen LogP contribution in [0.2, 0.25) is 0 Å². The van der Waals surface area contributed by atoms with Crippen LogP contribution in [0.1, 0.15) is 59.3 Å². The van der Waals surface area contributed by atoms with Crippen LogP contribution in [-0.4, -0.2) is 5.78 Å². The Labute approximate surface area is 105 Å². The van der Waals surface area contributed by atoms with Crippen molar-refractivity contribution in [1.82, 2.24) is 0 Å². The Kier molecular flexibility index (Phi) is 2.65. The van der Waals surface area contributed by atoms with Gasteiger partial charge in [-0.3, -0.25) is 4.79 Å². The summed E-state index contributed by atoms with van der Waals surface area (Å²) in [5.41, 5.74) is 0.428. The Hall–Kier alpha value is -0.330. The molecule has 1 heteroatoms. The van der Waals surface area contributed by atoms with Crippen LogP contribution in [0.3, 0.4) is 0 Å². The van der Waals surface area contributed by atoms with E-state index in [-0.39, 0.29) is 0 Å². The number of carbonyl (C=O) groups is 1. The topological polar surface area (TPSA) is 17.1 Å². The van der Waals surface area contributed by atoms with Gasteiger partial charge in [-0.1, -0.05) is 20.8 Å². The van der Waals surface area contributed by atoms with Gasteiger partial charge in [0.25, 0.3) is 0 Å². The molecule has 4 fully saturated rings. The quantitative estimate of drug-likeness (QED) is 0.704. The molecule has 4 aliphatic rings. The first-order chi connectivity index (χ1) is 7.94. The predicted octanol–water partition coefficient (Wildman–Crippen LogP) is 4.06. The van der Waals surface area contributed by atoms with Crippen molar-refractivity contribution in [2.75, 3.05) is 0 Å². The van der Waals surface area contributed by atoms with E-state index in [1.807, 2.05) is 0 Å². The molecule has 0 aromatic rings. The molecule has 4 rings (SSSR count). The molecule has 4 bridgehead atoms. The lowest BCUT2D eigenvalue weighted by atomic mass is 9.50. The van der Waals surface area contributed by atoms with E-state index >= 15 is 0 Å². The first kappa shape index (κ1) is 11.7. The van der Waals surface area contributed by atoms with Gasteiger partial charge < -0.3 is 0 Å². The molecule has 0 N–H and O–H groups in total. The standard InChI is InChI=1S/C16H26O/c1-16(2,3)5-4-13-11-6-10-7-12(9-11)15(17)14(13)8-10/h10-14H,4-9H2,1-3H3/t10?,11?,12?,13-,14?/m0/s1. The van der Waals surface area contributed by atoms with Crippen LogP contribution in [0.15, 0.2) is 0 Å². The molecular weight excluding hydrogens is 208 g/mol. The summed E-state index contributed by atoms with van der Waals surface area (Å²) in [6.45, 7) is 6.97. The molecule has 0 aromatic carbocycles. The van der Waals surface area contributed by atoms with Crippen LogP contribution < -0.4 is 0 Å². The highest BCUT2D eigenvalue weighted by Crippen LogP contribution is 2.56. The SMILES string of the molecule is CC(C)(C)CC[C@H]1C2CC3CC(C2)C(=O)C1C3. The molecule has 1 nitrogen and oxygen atoms in total. The van der Waals surface area contributed by atoms with Crippen LogP contribution in [0.5, 0.6) is 0 Å². The van der Waals surface area contributed by atoms with Gasteiger partial charge in [0.05, 0.1) is 0 Å². The number of rotatable bonds is 2. The van der Waals surface area contributed by atoms with Crippen LogP contribution >= 0.6 is 0 Å². The molecule has 0 radical (unpaired) electrons. The van der Waals surface area contributed by atoms with Crippen molar-refractivity contribution in [3.8, 4) is 0 Å². The summed E-state index contributed by atoms with van der Waals surface area (Å²) < 4.78 is 0. The molecule has 96 valence electrons. The summed E-state index contributed by atoms with van der Waals surface area (Å²) in [4.78, 5) is 12.3.